The standard InChI is InChI=1S/C13H18N4OS/c1-8(13(18)15-2)6-17(3)9-4-5-10-12(11(9)14)16-7-19-10/h4-5,7-8H,6,14H2,1-3H3,(H,15,18). The lowest BCUT2D eigenvalue weighted by molar-refractivity contribution is -0.123. The summed E-state index contributed by atoms with van der Waals surface area (Å²) in [5.74, 6) is -0.0688. The number of aromatic nitrogens is 1. The number of nitrogens with two attached hydrogens (primary N) is 1. The molecule has 1 aromatic heterocycles. The quantitative estimate of drug-likeness (QED) is 0.835. The average molecular weight is 278 g/mol. The van der Waals surface area contributed by atoms with E-state index in [2.05, 4.69) is 10.3 Å². The lowest BCUT2D eigenvalue weighted by Gasteiger charge is -2.24. The van der Waals surface area contributed by atoms with Gasteiger partial charge in [0.25, 0.3) is 0 Å². The predicted molar refractivity (Wildman–Crippen MR) is 80.5 cm³/mol. The molecule has 0 spiro atoms. The van der Waals surface area contributed by atoms with Crippen LogP contribution in [0.3, 0.4) is 0 Å². The van der Waals surface area contributed by atoms with Crippen molar-refractivity contribution in [2.24, 2.45) is 5.92 Å². The molecule has 0 fully saturated rings. The summed E-state index contributed by atoms with van der Waals surface area (Å²) in [4.78, 5) is 17.8. The molecule has 102 valence electrons. The molecular formula is C13H18N4OS. The van der Waals surface area contributed by atoms with E-state index in [4.69, 9.17) is 5.73 Å². The number of rotatable bonds is 4. The summed E-state index contributed by atoms with van der Waals surface area (Å²) in [7, 11) is 3.58. The molecule has 5 nitrogen and oxygen atoms in total. The minimum absolute atomic E-state index is 0.0279. The van der Waals surface area contributed by atoms with Gasteiger partial charge in [-0.15, -0.1) is 11.3 Å². The number of anilines is 2. The van der Waals surface area contributed by atoms with Crippen molar-refractivity contribution in [3.8, 4) is 0 Å². The van der Waals surface area contributed by atoms with Crippen LogP contribution in [-0.2, 0) is 4.79 Å². The number of nitrogens with one attached hydrogen (secondary N) is 1. The Hall–Kier alpha value is -1.82. The van der Waals surface area contributed by atoms with Crippen LogP contribution in [-0.4, -0.2) is 31.5 Å². The van der Waals surface area contributed by atoms with Gasteiger partial charge >= 0.3 is 0 Å². The van der Waals surface area contributed by atoms with Gasteiger partial charge in [-0.3, -0.25) is 4.79 Å². The van der Waals surface area contributed by atoms with Crippen molar-refractivity contribution in [3.63, 3.8) is 0 Å². The molecule has 1 aromatic carbocycles. The van der Waals surface area contributed by atoms with Gasteiger partial charge in [-0.25, -0.2) is 4.98 Å². The molecule has 0 aliphatic heterocycles. The van der Waals surface area contributed by atoms with E-state index in [1.54, 1.807) is 23.9 Å². The van der Waals surface area contributed by atoms with Crippen LogP contribution in [0.4, 0.5) is 11.4 Å². The lowest BCUT2D eigenvalue weighted by Crippen LogP contribution is -2.34. The largest absolute Gasteiger partial charge is 0.395 e. The van der Waals surface area contributed by atoms with Crippen molar-refractivity contribution in [1.29, 1.82) is 0 Å². The van der Waals surface area contributed by atoms with Crippen LogP contribution in [0, 0.1) is 5.92 Å². The molecule has 0 aliphatic rings. The first-order valence-corrected chi connectivity index (χ1v) is 6.97. The van der Waals surface area contributed by atoms with Crippen molar-refractivity contribution >= 4 is 38.8 Å². The maximum atomic E-state index is 11.6. The molecule has 3 N–H and O–H groups in total. The fourth-order valence-electron chi connectivity index (χ4n) is 2.11. The number of carbonyl (C=O) groups is 1. The second-order valence-corrected chi connectivity index (χ2v) is 5.48. The Morgan fingerprint density at radius 2 is 2.32 bits per heavy atom. The van der Waals surface area contributed by atoms with Gasteiger partial charge in [0, 0.05) is 20.6 Å². The number of amides is 1. The van der Waals surface area contributed by atoms with Crippen LogP contribution in [0.2, 0.25) is 0 Å². The van der Waals surface area contributed by atoms with E-state index >= 15 is 0 Å². The summed E-state index contributed by atoms with van der Waals surface area (Å²) in [6.07, 6.45) is 0. The summed E-state index contributed by atoms with van der Waals surface area (Å²) in [6, 6.07) is 3.99. The molecule has 1 heterocycles. The number of carbonyl (C=O) groups excluding carboxylic acids is 1. The van der Waals surface area contributed by atoms with Gasteiger partial charge in [-0.05, 0) is 12.1 Å². The molecule has 19 heavy (non-hydrogen) atoms. The van der Waals surface area contributed by atoms with Gasteiger partial charge in [0.05, 0.1) is 27.5 Å². The van der Waals surface area contributed by atoms with Gasteiger partial charge < -0.3 is 16.0 Å². The molecule has 2 rings (SSSR count). The zero-order valence-corrected chi connectivity index (χ0v) is 12.1. The number of benzene rings is 1. The van der Waals surface area contributed by atoms with Gasteiger partial charge in [-0.1, -0.05) is 6.92 Å². The van der Waals surface area contributed by atoms with Gasteiger partial charge in [0.2, 0.25) is 5.91 Å². The van der Waals surface area contributed by atoms with Gasteiger partial charge in [0.1, 0.15) is 5.52 Å². The van der Waals surface area contributed by atoms with Gasteiger partial charge in [0.15, 0.2) is 0 Å². The van der Waals surface area contributed by atoms with Gasteiger partial charge in [-0.2, -0.15) is 0 Å². The summed E-state index contributed by atoms with van der Waals surface area (Å²) in [5, 5.41) is 2.65. The molecular weight excluding hydrogens is 260 g/mol. The van der Waals surface area contributed by atoms with E-state index in [0.29, 0.717) is 12.2 Å². The Morgan fingerprint density at radius 1 is 1.58 bits per heavy atom. The highest BCUT2D eigenvalue weighted by atomic mass is 32.1. The van der Waals surface area contributed by atoms with E-state index in [-0.39, 0.29) is 11.8 Å². The first-order valence-electron chi connectivity index (χ1n) is 6.09. The maximum Gasteiger partial charge on any atom is 0.224 e. The molecule has 2 aromatic rings. The normalized spacial score (nSPS) is 12.4. The predicted octanol–water partition coefficient (Wildman–Crippen LogP) is 1.70. The third-order valence-electron chi connectivity index (χ3n) is 3.17. The Balaban J connectivity index is 2.23. The van der Waals surface area contributed by atoms with Crippen molar-refractivity contribution in [3.05, 3.63) is 17.6 Å². The Bertz CT molecular complexity index is 595. The molecule has 1 amide bonds. The highest BCUT2D eigenvalue weighted by Gasteiger charge is 2.16. The van der Waals surface area contributed by atoms with Crippen molar-refractivity contribution in [2.75, 3.05) is 31.3 Å². The van der Waals surface area contributed by atoms with Crippen LogP contribution in [0.25, 0.3) is 10.2 Å². The fourth-order valence-corrected chi connectivity index (χ4v) is 2.81. The molecule has 6 heteroatoms. The van der Waals surface area contributed by atoms with E-state index < -0.39 is 0 Å². The Kier molecular flexibility index (Phi) is 3.90. The van der Waals surface area contributed by atoms with Crippen LogP contribution in [0.15, 0.2) is 17.6 Å². The highest BCUT2D eigenvalue weighted by Crippen LogP contribution is 2.32. The molecule has 1 unspecified atom stereocenters. The minimum atomic E-state index is -0.0967. The van der Waals surface area contributed by atoms with Crippen molar-refractivity contribution in [2.45, 2.75) is 6.92 Å². The topological polar surface area (TPSA) is 71.2 Å². The highest BCUT2D eigenvalue weighted by molar-refractivity contribution is 7.16. The number of nitrogens with zero attached hydrogens (tertiary/aromatic N) is 2. The van der Waals surface area contributed by atoms with Crippen LogP contribution >= 0.6 is 11.3 Å². The number of hydrogen-bond donors (Lipinski definition) is 2. The average Bonchev–Trinajstić information content (AvgIpc) is 2.87. The molecule has 0 aliphatic carbocycles. The van der Waals surface area contributed by atoms with Crippen molar-refractivity contribution < 1.29 is 4.79 Å². The number of thiazole rings is 1. The minimum Gasteiger partial charge on any atom is -0.395 e. The smallest absolute Gasteiger partial charge is 0.224 e. The molecule has 1 atom stereocenters. The molecule has 0 radical (unpaired) electrons. The van der Waals surface area contributed by atoms with Crippen LogP contribution in [0.5, 0.6) is 0 Å². The summed E-state index contributed by atoms with van der Waals surface area (Å²) < 4.78 is 1.08. The second kappa shape index (κ2) is 5.44. The Morgan fingerprint density at radius 3 is 3.00 bits per heavy atom. The van der Waals surface area contributed by atoms with E-state index in [0.717, 1.165) is 15.9 Å². The maximum absolute atomic E-state index is 11.6. The van der Waals surface area contributed by atoms with Crippen LogP contribution in [0.1, 0.15) is 6.92 Å². The third kappa shape index (κ3) is 2.63. The molecule has 0 bridgehead atoms. The Labute approximate surface area is 116 Å². The molecule has 0 saturated carbocycles. The number of fused-ring (bicyclic) bond motifs is 1. The monoisotopic (exact) mass is 278 g/mol. The zero-order valence-electron chi connectivity index (χ0n) is 11.3. The number of hydrogen-bond acceptors (Lipinski definition) is 5. The van der Waals surface area contributed by atoms with Crippen molar-refractivity contribution in [1.82, 2.24) is 10.3 Å². The van der Waals surface area contributed by atoms with E-state index in [1.165, 1.54) is 0 Å². The second-order valence-electron chi connectivity index (χ2n) is 4.59. The first-order chi connectivity index (χ1) is 9.04. The van der Waals surface area contributed by atoms with E-state index in [1.807, 2.05) is 31.0 Å². The number of nitrogen functional groups attached to an aromatic ring is 1. The lowest BCUT2D eigenvalue weighted by atomic mass is 10.1. The zero-order chi connectivity index (χ0) is 14.0. The fraction of sp³-hybridized carbons (Fsp3) is 0.385. The third-order valence-corrected chi connectivity index (χ3v) is 3.97. The van der Waals surface area contributed by atoms with E-state index in [9.17, 15) is 4.79 Å². The summed E-state index contributed by atoms with van der Waals surface area (Å²) >= 11 is 1.57. The SMILES string of the molecule is CNC(=O)C(C)CN(C)c1ccc2scnc2c1N. The summed E-state index contributed by atoms with van der Waals surface area (Å²) in [6.45, 7) is 2.51. The first kappa shape index (κ1) is 13.6. The molecule has 0 saturated heterocycles. The summed E-state index contributed by atoms with van der Waals surface area (Å²) in [5.41, 5.74) is 10.4. The van der Waals surface area contributed by atoms with Crippen LogP contribution < -0.4 is 16.0 Å².